The highest BCUT2D eigenvalue weighted by atomic mass is 16.6. The van der Waals surface area contributed by atoms with Crippen LogP contribution in [0.3, 0.4) is 0 Å². The van der Waals surface area contributed by atoms with Gasteiger partial charge in [0.05, 0.1) is 13.2 Å². The summed E-state index contributed by atoms with van der Waals surface area (Å²) in [5, 5.41) is 2.64. The third kappa shape index (κ3) is 6.86. The molecule has 5 nitrogen and oxygen atoms in total. The van der Waals surface area contributed by atoms with E-state index in [1.807, 2.05) is 38.1 Å². The lowest BCUT2D eigenvalue weighted by Crippen LogP contribution is -2.45. The van der Waals surface area contributed by atoms with Crippen LogP contribution in [0.5, 0.6) is 5.75 Å². The predicted octanol–water partition coefficient (Wildman–Crippen LogP) is 3.83. The molecular formula is C19H27NO4. The Bertz CT molecular complexity index is 600. The molecular weight excluding hydrogens is 306 g/mol. The molecule has 0 fully saturated rings. The minimum atomic E-state index is -0.637. The maximum absolute atomic E-state index is 12.4. The van der Waals surface area contributed by atoms with E-state index < -0.39 is 17.7 Å². The second kappa shape index (κ2) is 8.52. The van der Waals surface area contributed by atoms with Gasteiger partial charge in [-0.1, -0.05) is 32.1 Å². The zero-order chi connectivity index (χ0) is 18.3. The second-order valence-corrected chi connectivity index (χ2v) is 6.88. The number of alkyl carbamates (subject to hydrolysis) is 1. The van der Waals surface area contributed by atoms with Gasteiger partial charge in [0, 0.05) is 0 Å². The highest BCUT2D eigenvalue weighted by Gasteiger charge is 2.25. The van der Waals surface area contributed by atoms with Crippen LogP contribution in [0.4, 0.5) is 4.79 Å². The van der Waals surface area contributed by atoms with Crippen molar-refractivity contribution in [3.8, 4) is 5.75 Å². The van der Waals surface area contributed by atoms with Gasteiger partial charge in [-0.3, -0.25) is 4.79 Å². The lowest BCUT2D eigenvalue weighted by molar-refractivity contribution is -0.117. The minimum Gasteiger partial charge on any atom is -0.497 e. The molecule has 0 saturated heterocycles. The van der Waals surface area contributed by atoms with Crippen LogP contribution in [0.25, 0.3) is 6.08 Å². The van der Waals surface area contributed by atoms with Crippen molar-refractivity contribution in [3.05, 3.63) is 35.9 Å². The molecule has 24 heavy (non-hydrogen) atoms. The summed E-state index contributed by atoms with van der Waals surface area (Å²) in [6.07, 6.45) is 2.58. The monoisotopic (exact) mass is 333 g/mol. The number of ether oxygens (including phenoxy) is 2. The second-order valence-electron chi connectivity index (χ2n) is 6.88. The number of hydrogen-bond donors (Lipinski definition) is 1. The van der Waals surface area contributed by atoms with Crippen LogP contribution in [0, 0.1) is 5.92 Å². The lowest BCUT2D eigenvalue weighted by atomic mass is 9.99. The normalized spacial score (nSPS) is 13.0. The maximum atomic E-state index is 12.4. The lowest BCUT2D eigenvalue weighted by Gasteiger charge is -2.24. The fourth-order valence-electron chi connectivity index (χ4n) is 2.03. The van der Waals surface area contributed by atoms with E-state index >= 15 is 0 Å². The van der Waals surface area contributed by atoms with Gasteiger partial charge in [-0.15, -0.1) is 0 Å². The summed E-state index contributed by atoms with van der Waals surface area (Å²) in [5.41, 5.74) is 0.243. The van der Waals surface area contributed by atoms with Crippen molar-refractivity contribution in [1.82, 2.24) is 5.32 Å². The highest BCUT2D eigenvalue weighted by Crippen LogP contribution is 2.14. The summed E-state index contributed by atoms with van der Waals surface area (Å²) in [5.74, 6) is 0.482. The summed E-state index contributed by atoms with van der Waals surface area (Å²) in [7, 11) is 1.59. The quantitative estimate of drug-likeness (QED) is 0.804. The summed E-state index contributed by atoms with van der Waals surface area (Å²) in [4.78, 5) is 24.3. The van der Waals surface area contributed by atoms with Gasteiger partial charge in [-0.25, -0.2) is 4.79 Å². The zero-order valence-electron chi connectivity index (χ0n) is 15.3. The van der Waals surface area contributed by atoms with Gasteiger partial charge in [-0.05, 0) is 50.5 Å². The topological polar surface area (TPSA) is 64.6 Å². The van der Waals surface area contributed by atoms with E-state index in [0.717, 1.165) is 11.3 Å². The maximum Gasteiger partial charge on any atom is 0.408 e. The van der Waals surface area contributed by atoms with E-state index in [9.17, 15) is 9.59 Å². The molecule has 1 atom stereocenters. The van der Waals surface area contributed by atoms with Gasteiger partial charge in [0.15, 0.2) is 5.78 Å². The van der Waals surface area contributed by atoms with Crippen molar-refractivity contribution in [2.45, 2.75) is 46.3 Å². The van der Waals surface area contributed by atoms with E-state index in [2.05, 4.69) is 5.32 Å². The van der Waals surface area contributed by atoms with E-state index in [1.165, 1.54) is 6.08 Å². The fourth-order valence-corrected chi connectivity index (χ4v) is 2.03. The van der Waals surface area contributed by atoms with Crippen LogP contribution in [0.15, 0.2) is 30.3 Å². The standard InChI is InChI=1S/C19H27NO4/c1-13(2)17(20-18(22)24-19(3,4)5)16(21)11-10-14-8-7-9-15(12-14)23-6/h7-13,17H,1-6H3,(H,20,22)/t17-/m1/s1. The molecule has 1 rings (SSSR count). The van der Waals surface area contributed by atoms with Crippen LogP contribution < -0.4 is 10.1 Å². The van der Waals surface area contributed by atoms with Crippen LogP contribution in [-0.4, -0.2) is 30.6 Å². The molecule has 5 heteroatoms. The Balaban J connectivity index is 2.79. The number of amides is 1. The summed E-state index contributed by atoms with van der Waals surface area (Å²) in [6, 6.07) is 6.75. The highest BCUT2D eigenvalue weighted by molar-refractivity contribution is 5.99. The van der Waals surface area contributed by atoms with E-state index in [0.29, 0.717) is 0 Å². The van der Waals surface area contributed by atoms with Crippen molar-refractivity contribution in [2.75, 3.05) is 7.11 Å². The average molecular weight is 333 g/mol. The largest absolute Gasteiger partial charge is 0.497 e. The minimum absolute atomic E-state index is 0.0556. The molecule has 0 aliphatic rings. The summed E-state index contributed by atoms with van der Waals surface area (Å²) >= 11 is 0. The Morgan fingerprint density at radius 2 is 1.88 bits per heavy atom. The number of benzene rings is 1. The van der Waals surface area contributed by atoms with E-state index in [-0.39, 0.29) is 11.7 Å². The van der Waals surface area contributed by atoms with Crippen molar-refractivity contribution >= 4 is 18.0 Å². The summed E-state index contributed by atoms with van der Waals surface area (Å²) < 4.78 is 10.4. The number of carbonyl (C=O) groups is 2. The molecule has 0 aliphatic heterocycles. The number of hydrogen-bond acceptors (Lipinski definition) is 4. The fraction of sp³-hybridized carbons (Fsp3) is 0.474. The molecule has 1 aromatic carbocycles. The Morgan fingerprint density at radius 3 is 2.42 bits per heavy atom. The average Bonchev–Trinajstić information content (AvgIpc) is 2.48. The van der Waals surface area contributed by atoms with Crippen LogP contribution in [-0.2, 0) is 9.53 Å². The first kappa shape index (κ1) is 19.7. The zero-order valence-corrected chi connectivity index (χ0v) is 15.3. The van der Waals surface area contributed by atoms with Crippen molar-refractivity contribution in [1.29, 1.82) is 0 Å². The Kier molecular flexibility index (Phi) is 7.01. The van der Waals surface area contributed by atoms with Crippen molar-refractivity contribution in [3.63, 3.8) is 0 Å². The van der Waals surface area contributed by atoms with Crippen molar-refractivity contribution in [2.24, 2.45) is 5.92 Å². The summed E-state index contributed by atoms with van der Waals surface area (Å²) in [6.45, 7) is 9.09. The van der Waals surface area contributed by atoms with Gasteiger partial charge in [0.2, 0.25) is 0 Å². The van der Waals surface area contributed by atoms with Gasteiger partial charge < -0.3 is 14.8 Å². The number of rotatable bonds is 6. The Morgan fingerprint density at radius 1 is 1.21 bits per heavy atom. The van der Waals surface area contributed by atoms with E-state index in [4.69, 9.17) is 9.47 Å². The molecule has 0 aromatic heterocycles. The molecule has 1 aromatic rings. The van der Waals surface area contributed by atoms with Gasteiger partial charge in [-0.2, -0.15) is 0 Å². The molecule has 0 unspecified atom stereocenters. The van der Waals surface area contributed by atoms with Crippen LogP contribution >= 0.6 is 0 Å². The Hall–Kier alpha value is -2.30. The number of nitrogens with one attached hydrogen (secondary N) is 1. The van der Waals surface area contributed by atoms with Crippen LogP contribution in [0.1, 0.15) is 40.2 Å². The predicted molar refractivity (Wildman–Crippen MR) is 95.0 cm³/mol. The first-order valence-electron chi connectivity index (χ1n) is 7.98. The Labute approximate surface area is 144 Å². The number of carbonyl (C=O) groups excluding carboxylic acids is 2. The first-order valence-corrected chi connectivity index (χ1v) is 7.98. The first-order chi connectivity index (χ1) is 11.1. The smallest absolute Gasteiger partial charge is 0.408 e. The SMILES string of the molecule is COc1cccc(C=CC(=O)[C@H](NC(=O)OC(C)(C)C)C(C)C)c1. The number of methoxy groups -OCH3 is 1. The van der Waals surface area contributed by atoms with Gasteiger partial charge >= 0.3 is 6.09 Å². The van der Waals surface area contributed by atoms with Crippen LogP contribution in [0.2, 0.25) is 0 Å². The van der Waals surface area contributed by atoms with Gasteiger partial charge in [0.1, 0.15) is 11.4 Å². The molecule has 1 amide bonds. The van der Waals surface area contributed by atoms with Crippen molar-refractivity contribution < 1.29 is 19.1 Å². The van der Waals surface area contributed by atoms with Gasteiger partial charge in [0.25, 0.3) is 0 Å². The molecule has 0 spiro atoms. The molecule has 0 radical (unpaired) electrons. The third-order valence-electron chi connectivity index (χ3n) is 3.18. The molecule has 1 N–H and O–H groups in total. The molecule has 0 heterocycles. The number of ketones is 1. The molecule has 0 aliphatic carbocycles. The molecule has 0 bridgehead atoms. The third-order valence-corrected chi connectivity index (χ3v) is 3.18. The molecule has 132 valence electrons. The van der Waals surface area contributed by atoms with E-state index in [1.54, 1.807) is 34.0 Å². The molecule has 0 saturated carbocycles.